The molecule has 0 saturated heterocycles. The summed E-state index contributed by atoms with van der Waals surface area (Å²) in [5.41, 5.74) is 0.819. The lowest BCUT2D eigenvalue weighted by Gasteiger charge is -2.14. The molecule has 6 heteroatoms. The van der Waals surface area contributed by atoms with Crippen molar-refractivity contribution in [3.8, 4) is 5.75 Å². The molecule has 21 heavy (non-hydrogen) atoms. The Balaban J connectivity index is 2.68. The second-order valence-electron chi connectivity index (χ2n) is 5.20. The Hall–Kier alpha value is -1.11. The number of aryl methyl sites for hydroxylation is 1. The zero-order chi connectivity index (χ0) is 15.9. The van der Waals surface area contributed by atoms with Gasteiger partial charge >= 0.3 is 0 Å². The zero-order valence-corrected chi connectivity index (χ0v) is 14.1. The molecule has 0 unspecified atom stereocenters. The number of sulfonamides is 1. The van der Waals surface area contributed by atoms with Crippen molar-refractivity contribution in [3.63, 3.8) is 0 Å². The van der Waals surface area contributed by atoms with Gasteiger partial charge in [-0.2, -0.15) is 0 Å². The highest BCUT2D eigenvalue weighted by atomic mass is 32.2. The summed E-state index contributed by atoms with van der Waals surface area (Å²) < 4.78 is 32.6. The second kappa shape index (κ2) is 8.36. The maximum atomic E-state index is 12.2. The van der Waals surface area contributed by atoms with Crippen LogP contribution in [0.4, 0.5) is 0 Å². The lowest BCUT2D eigenvalue weighted by atomic mass is 10.2. The molecule has 5 nitrogen and oxygen atoms in total. The van der Waals surface area contributed by atoms with Crippen molar-refractivity contribution in [2.24, 2.45) is 0 Å². The minimum absolute atomic E-state index is 0.0651. The Morgan fingerprint density at radius 1 is 1.24 bits per heavy atom. The van der Waals surface area contributed by atoms with Crippen LogP contribution in [0.2, 0.25) is 0 Å². The Bertz CT molecular complexity index is 542. The number of nitrogens with one attached hydrogen (secondary N) is 2. The van der Waals surface area contributed by atoms with E-state index in [4.69, 9.17) is 4.74 Å². The van der Waals surface area contributed by atoms with E-state index in [0.717, 1.165) is 30.8 Å². The third-order valence-corrected chi connectivity index (χ3v) is 4.35. The lowest BCUT2D eigenvalue weighted by Crippen LogP contribution is -2.27. The molecular weight excluding hydrogens is 288 g/mol. The van der Waals surface area contributed by atoms with Crippen LogP contribution < -0.4 is 14.8 Å². The van der Waals surface area contributed by atoms with Gasteiger partial charge in [-0.15, -0.1) is 0 Å². The van der Waals surface area contributed by atoms with Gasteiger partial charge in [0.15, 0.2) is 0 Å². The van der Waals surface area contributed by atoms with Gasteiger partial charge in [0, 0.05) is 6.54 Å². The van der Waals surface area contributed by atoms with Crippen LogP contribution in [0.25, 0.3) is 0 Å². The summed E-state index contributed by atoms with van der Waals surface area (Å²) >= 11 is 0. The van der Waals surface area contributed by atoms with Crippen molar-refractivity contribution < 1.29 is 13.2 Å². The van der Waals surface area contributed by atoms with E-state index < -0.39 is 10.0 Å². The standard InChI is InChI=1S/C15H26N2O3S/c1-5-16-9-6-10-17-21(18,19)14-7-8-15(13(4)11-14)20-12(2)3/h7-8,11-12,16-17H,5-6,9-10H2,1-4H3. The van der Waals surface area contributed by atoms with Gasteiger partial charge < -0.3 is 10.1 Å². The molecule has 0 fully saturated rings. The summed E-state index contributed by atoms with van der Waals surface area (Å²) in [4.78, 5) is 0.277. The Morgan fingerprint density at radius 2 is 1.95 bits per heavy atom. The summed E-state index contributed by atoms with van der Waals surface area (Å²) in [7, 11) is -3.45. The van der Waals surface area contributed by atoms with Crippen LogP contribution in [0.15, 0.2) is 23.1 Å². The molecule has 2 N–H and O–H groups in total. The van der Waals surface area contributed by atoms with E-state index in [1.54, 1.807) is 18.2 Å². The topological polar surface area (TPSA) is 67.4 Å². The summed E-state index contributed by atoms with van der Waals surface area (Å²) in [6.07, 6.45) is 0.830. The molecule has 1 rings (SSSR count). The van der Waals surface area contributed by atoms with Crippen LogP contribution in [-0.4, -0.2) is 34.2 Å². The highest BCUT2D eigenvalue weighted by Gasteiger charge is 2.15. The number of ether oxygens (including phenoxy) is 1. The molecule has 0 aromatic heterocycles. The maximum absolute atomic E-state index is 12.2. The maximum Gasteiger partial charge on any atom is 0.240 e. The Morgan fingerprint density at radius 3 is 2.52 bits per heavy atom. The van der Waals surface area contributed by atoms with Gasteiger partial charge in [0.1, 0.15) is 5.75 Å². The number of hydrogen-bond donors (Lipinski definition) is 2. The van der Waals surface area contributed by atoms with Crippen LogP contribution in [0, 0.1) is 6.92 Å². The van der Waals surface area contributed by atoms with Crippen molar-refractivity contribution in [1.82, 2.24) is 10.0 Å². The van der Waals surface area contributed by atoms with Gasteiger partial charge in [-0.05, 0) is 64.0 Å². The quantitative estimate of drug-likeness (QED) is 0.685. The Labute approximate surface area is 128 Å². The number of benzene rings is 1. The second-order valence-corrected chi connectivity index (χ2v) is 6.97. The number of rotatable bonds is 9. The van der Waals surface area contributed by atoms with Gasteiger partial charge in [0.05, 0.1) is 11.0 Å². The first kappa shape index (κ1) is 17.9. The lowest BCUT2D eigenvalue weighted by molar-refractivity contribution is 0.240. The first-order chi connectivity index (χ1) is 9.86. The van der Waals surface area contributed by atoms with E-state index in [9.17, 15) is 8.42 Å². The largest absolute Gasteiger partial charge is 0.491 e. The van der Waals surface area contributed by atoms with Crippen molar-refractivity contribution >= 4 is 10.0 Å². The summed E-state index contributed by atoms with van der Waals surface area (Å²) in [6, 6.07) is 4.93. The van der Waals surface area contributed by atoms with Crippen LogP contribution in [-0.2, 0) is 10.0 Å². The normalized spacial score (nSPS) is 11.9. The molecule has 0 atom stereocenters. The fourth-order valence-corrected chi connectivity index (χ4v) is 3.01. The Kier molecular flexibility index (Phi) is 7.14. The summed E-state index contributed by atoms with van der Waals surface area (Å²) in [5, 5.41) is 3.16. The van der Waals surface area contributed by atoms with Crippen LogP contribution >= 0.6 is 0 Å². The van der Waals surface area contributed by atoms with Crippen molar-refractivity contribution in [3.05, 3.63) is 23.8 Å². The summed E-state index contributed by atoms with van der Waals surface area (Å²) in [6.45, 7) is 9.88. The fraction of sp³-hybridized carbons (Fsp3) is 0.600. The van der Waals surface area contributed by atoms with Gasteiger partial charge in [-0.25, -0.2) is 13.1 Å². The molecule has 0 amide bonds. The molecular formula is C15H26N2O3S. The molecule has 0 bridgehead atoms. The predicted molar refractivity (Wildman–Crippen MR) is 85.3 cm³/mol. The van der Waals surface area contributed by atoms with Gasteiger partial charge in [0.25, 0.3) is 0 Å². The van der Waals surface area contributed by atoms with Crippen molar-refractivity contribution in [1.29, 1.82) is 0 Å². The molecule has 1 aromatic rings. The van der Waals surface area contributed by atoms with Crippen LogP contribution in [0.3, 0.4) is 0 Å². The SMILES string of the molecule is CCNCCCNS(=O)(=O)c1ccc(OC(C)C)c(C)c1. The first-order valence-corrected chi connectivity index (χ1v) is 8.83. The average molecular weight is 314 g/mol. The van der Waals surface area contributed by atoms with Crippen molar-refractivity contribution in [2.45, 2.75) is 45.1 Å². The van der Waals surface area contributed by atoms with Crippen LogP contribution in [0.5, 0.6) is 5.75 Å². The van der Waals surface area contributed by atoms with E-state index >= 15 is 0 Å². The molecule has 0 saturated carbocycles. The van der Waals surface area contributed by atoms with E-state index in [2.05, 4.69) is 10.0 Å². The van der Waals surface area contributed by atoms with Gasteiger partial charge in [-0.3, -0.25) is 0 Å². The molecule has 0 spiro atoms. The third-order valence-electron chi connectivity index (χ3n) is 2.89. The molecule has 0 heterocycles. The molecule has 0 aliphatic heterocycles. The van der Waals surface area contributed by atoms with Gasteiger partial charge in [-0.1, -0.05) is 6.92 Å². The minimum atomic E-state index is -3.45. The van der Waals surface area contributed by atoms with E-state index in [1.807, 2.05) is 27.7 Å². The number of hydrogen-bond acceptors (Lipinski definition) is 4. The zero-order valence-electron chi connectivity index (χ0n) is 13.3. The summed E-state index contributed by atoms with van der Waals surface area (Å²) in [5.74, 6) is 0.719. The highest BCUT2D eigenvalue weighted by molar-refractivity contribution is 7.89. The van der Waals surface area contributed by atoms with E-state index in [1.165, 1.54) is 0 Å². The van der Waals surface area contributed by atoms with E-state index in [0.29, 0.717) is 6.54 Å². The molecule has 120 valence electrons. The molecule has 0 aliphatic carbocycles. The highest BCUT2D eigenvalue weighted by Crippen LogP contribution is 2.22. The third kappa shape index (κ3) is 6.03. The average Bonchev–Trinajstić information content (AvgIpc) is 2.40. The van der Waals surface area contributed by atoms with Crippen LogP contribution in [0.1, 0.15) is 32.8 Å². The van der Waals surface area contributed by atoms with Crippen molar-refractivity contribution in [2.75, 3.05) is 19.6 Å². The fourth-order valence-electron chi connectivity index (χ4n) is 1.86. The molecule has 0 radical (unpaired) electrons. The van der Waals surface area contributed by atoms with Gasteiger partial charge in [0.2, 0.25) is 10.0 Å². The molecule has 0 aliphatic rings. The van der Waals surface area contributed by atoms with E-state index in [-0.39, 0.29) is 11.0 Å². The minimum Gasteiger partial charge on any atom is -0.491 e. The smallest absolute Gasteiger partial charge is 0.240 e. The monoisotopic (exact) mass is 314 g/mol. The predicted octanol–water partition coefficient (Wildman–Crippen LogP) is 2.06. The molecule has 1 aromatic carbocycles. The first-order valence-electron chi connectivity index (χ1n) is 7.34.